The van der Waals surface area contributed by atoms with Gasteiger partial charge in [-0.15, -0.1) is 0 Å². The number of amides is 1. The van der Waals surface area contributed by atoms with E-state index in [0.29, 0.717) is 24.9 Å². The van der Waals surface area contributed by atoms with Crippen molar-refractivity contribution in [3.05, 3.63) is 0 Å². The molecule has 1 rings (SSSR count). The Morgan fingerprint density at radius 2 is 1.84 bits per heavy atom. The van der Waals surface area contributed by atoms with E-state index >= 15 is 0 Å². The fourth-order valence-corrected chi connectivity index (χ4v) is 2.81. The lowest BCUT2D eigenvalue weighted by molar-refractivity contribution is -0.142. The number of piperidine rings is 1. The minimum atomic E-state index is -0.820. The molecule has 0 aromatic carbocycles. The fourth-order valence-electron chi connectivity index (χ4n) is 2.81. The van der Waals surface area contributed by atoms with E-state index in [0.717, 1.165) is 13.1 Å². The number of hydrogen-bond donors (Lipinski definition) is 1. The van der Waals surface area contributed by atoms with Crippen molar-refractivity contribution in [2.24, 2.45) is 17.8 Å². The predicted molar refractivity (Wildman–Crippen MR) is 73.8 cm³/mol. The van der Waals surface area contributed by atoms with Gasteiger partial charge in [0.25, 0.3) is 0 Å². The number of aliphatic carboxylic acids is 1. The maximum absolute atomic E-state index is 12.2. The van der Waals surface area contributed by atoms with Crippen molar-refractivity contribution >= 4 is 11.9 Å². The zero-order valence-corrected chi connectivity index (χ0v) is 12.4. The van der Waals surface area contributed by atoms with E-state index in [-0.39, 0.29) is 5.91 Å². The highest BCUT2D eigenvalue weighted by Gasteiger charge is 2.26. The van der Waals surface area contributed by atoms with Gasteiger partial charge in [0.05, 0.1) is 12.5 Å². The Bertz CT molecular complexity index is 323. The largest absolute Gasteiger partial charge is 0.481 e. The molecule has 1 heterocycles. The Morgan fingerprint density at radius 3 is 2.32 bits per heavy atom. The minimum Gasteiger partial charge on any atom is -0.481 e. The van der Waals surface area contributed by atoms with Crippen LogP contribution in [0.1, 0.15) is 27.2 Å². The molecule has 5 nitrogen and oxygen atoms in total. The van der Waals surface area contributed by atoms with Crippen LogP contribution in [0.2, 0.25) is 0 Å². The molecule has 0 bridgehead atoms. The van der Waals surface area contributed by atoms with Crippen LogP contribution in [0.25, 0.3) is 0 Å². The molecule has 0 aromatic rings. The van der Waals surface area contributed by atoms with Crippen molar-refractivity contribution < 1.29 is 14.7 Å². The molecule has 1 amide bonds. The lowest BCUT2D eigenvalue weighted by atomic mass is 9.92. The van der Waals surface area contributed by atoms with Crippen molar-refractivity contribution in [2.45, 2.75) is 27.2 Å². The topological polar surface area (TPSA) is 60.9 Å². The molecule has 1 N–H and O–H groups in total. The summed E-state index contributed by atoms with van der Waals surface area (Å²) in [5.41, 5.74) is 0. The smallest absolute Gasteiger partial charge is 0.307 e. The molecule has 19 heavy (non-hydrogen) atoms. The number of carbonyl (C=O) groups is 2. The second kappa shape index (κ2) is 6.89. The van der Waals surface area contributed by atoms with Crippen LogP contribution >= 0.6 is 0 Å². The van der Waals surface area contributed by atoms with E-state index in [1.54, 1.807) is 18.9 Å². The minimum absolute atomic E-state index is 0.110. The molecule has 1 saturated heterocycles. The first kappa shape index (κ1) is 16.0. The molecule has 1 aliphatic rings. The molecule has 0 saturated carbocycles. The maximum Gasteiger partial charge on any atom is 0.307 e. The Hall–Kier alpha value is -1.10. The van der Waals surface area contributed by atoms with Crippen molar-refractivity contribution in [1.82, 2.24) is 9.80 Å². The van der Waals surface area contributed by atoms with Gasteiger partial charge >= 0.3 is 5.97 Å². The van der Waals surface area contributed by atoms with Crippen LogP contribution in [-0.4, -0.2) is 60.0 Å². The van der Waals surface area contributed by atoms with Crippen LogP contribution in [0.15, 0.2) is 0 Å². The molecule has 0 aliphatic carbocycles. The first-order valence-electron chi connectivity index (χ1n) is 6.98. The van der Waals surface area contributed by atoms with Crippen LogP contribution in [0, 0.1) is 17.8 Å². The molecule has 110 valence electrons. The third-order valence-corrected chi connectivity index (χ3v) is 3.63. The van der Waals surface area contributed by atoms with Crippen LogP contribution in [0.3, 0.4) is 0 Å². The molecule has 0 radical (unpaired) electrons. The van der Waals surface area contributed by atoms with E-state index in [2.05, 4.69) is 13.8 Å². The Balaban J connectivity index is 2.43. The van der Waals surface area contributed by atoms with Crippen LogP contribution < -0.4 is 0 Å². The van der Waals surface area contributed by atoms with E-state index < -0.39 is 11.9 Å². The van der Waals surface area contributed by atoms with E-state index in [4.69, 9.17) is 5.11 Å². The lowest BCUT2D eigenvalue weighted by Gasteiger charge is -2.36. The van der Waals surface area contributed by atoms with Gasteiger partial charge < -0.3 is 10.0 Å². The molecule has 1 aliphatic heterocycles. The van der Waals surface area contributed by atoms with Gasteiger partial charge in [-0.2, -0.15) is 0 Å². The molecular weight excluding hydrogens is 244 g/mol. The van der Waals surface area contributed by atoms with E-state index in [9.17, 15) is 9.59 Å². The Labute approximate surface area is 115 Å². The van der Waals surface area contributed by atoms with Crippen LogP contribution in [0.4, 0.5) is 0 Å². The summed E-state index contributed by atoms with van der Waals surface area (Å²) >= 11 is 0. The molecule has 3 unspecified atom stereocenters. The highest BCUT2D eigenvalue weighted by atomic mass is 16.4. The molecule has 3 atom stereocenters. The Morgan fingerprint density at radius 1 is 1.32 bits per heavy atom. The standard InChI is InChI=1S/C14H26N2O3/c1-10-5-11(2)7-16(6-10)13(17)9-15(4)8-12(3)14(18)19/h10-12H,5-9H2,1-4H3,(H,18,19). The van der Waals surface area contributed by atoms with Crippen molar-refractivity contribution in [1.29, 1.82) is 0 Å². The number of likely N-dealkylation sites (tertiary alicyclic amines) is 1. The zero-order chi connectivity index (χ0) is 14.6. The lowest BCUT2D eigenvalue weighted by Crippen LogP contribution is -2.47. The number of hydrogen-bond acceptors (Lipinski definition) is 3. The predicted octanol–water partition coefficient (Wildman–Crippen LogP) is 1.14. The van der Waals surface area contributed by atoms with Crippen LogP contribution in [-0.2, 0) is 9.59 Å². The monoisotopic (exact) mass is 270 g/mol. The average molecular weight is 270 g/mol. The maximum atomic E-state index is 12.2. The summed E-state index contributed by atoms with van der Waals surface area (Å²) in [6.07, 6.45) is 1.18. The molecule has 5 heteroatoms. The molecule has 0 aromatic heterocycles. The van der Waals surface area contributed by atoms with Gasteiger partial charge in [-0.1, -0.05) is 20.8 Å². The first-order valence-corrected chi connectivity index (χ1v) is 6.98. The fraction of sp³-hybridized carbons (Fsp3) is 0.857. The van der Waals surface area contributed by atoms with E-state index in [1.165, 1.54) is 6.42 Å². The number of nitrogens with zero attached hydrogens (tertiary/aromatic N) is 2. The summed E-state index contributed by atoms with van der Waals surface area (Å²) in [5.74, 6) is -0.0538. The average Bonchev–Trinajstić information content (AvgIpc) is 2.26. The SMILES string of the molecule is CC1CC(C)CN(C(=O)CN(C)CC(C)C(=O)O)C1. The van der Waals surface area contributed by atoms with Crippen molar-refractivity contribution in [3.63, 3.8) is 0 Å². The van der Waals surface area contributed by atoms with Crippen molar-refractivity contribution in [2.75, 3.05) is 33.2 Å². The first-order chi connectivity index (χ1) is 8.79. The normalized spacial score (nSPS) is 25.4. The Kier molecular flexibility index (Phi) is 5.79. The summed E-state index contributed by atoms with van der Waals surface area (Å²) in [6, 6.07) is 0. The van der Waals surface area contributed by atoms with Gasteiger partial charge in [-0.25, -0.2) is 0 Å². The summed E-state index contributed by atoms with van der Waals surface area (Å²) in [7, 11) is 1.80. The number of likely N-dealkylation sites (N-methyl/N-ethyl adjacent to an activating group) is 1. The zero-order valence-electron chi connectivity index (χ0n) is 12.4. The van der Waals surface area contributed by atoms with Gasteiger partial charge in [0.1, 0.15) is 0 Å². The number of carbonyl (C=O) groups excluding carboxylic acids is 1. The van der Waals surface area contributed by atoms with Gasteiger partial charge in [0, 0.05) is 19.6 Å². The van der Waals surface area contributed by atoms with E-state index in [1.807, 2.05) is 4.90 Å². The number of carboxylic acid groups (broad SMARTS) is 1. The summed E-state index contributed by atoms with van der Waals surface area (Å²) < 4.78 is 0. The highest BCUT2D eigenvalue weighted by Crippen LogP contribution is 2.20. The molecule has 1 fully saturated rings. The number of rotatable bonds is 5. The summed E-state index contributed by atoms with van der Waals surface area (Å²) in [6.45, 7) is 8.36. The number of carboxylic acids is 1. The van der Waals surface area contributed by atoms with Crippen molar-refractivity contribution in [3.8, 4) is 0 Å². The molecule has 0 spiro atoms. The van der Waals surface area contributed by atoms with Gasteiger partial charge in [-0.05, 0) is 25.3 Å². The van der Waals surface area contributed by atoms with Gasteiger partial charge in [-0.3, -0.25) is 14.5 Å². The highest BCUT2D eigenvalue weighted by molar-refractivity contribution is 5.78. The van der Waals surface area contributed by atoms with Gasteiger partial charge in [0.2, 0.25) is 5.91 Å². The summed E-state index contributed by atoms with van der Waals surface area (Å²) in [4.78, 5) is 26.7. The van der Waals surface area contributed by atoms with Gasteiger partial charge in [0.15, 0.2) is 0 Å². The summed E-state index contributed by atoms with van der Waals surface area (Å²) in [5, 5.41) is 8.86. The molecular formula is C14H26N2O3. The van der Waals surface area contributed by atoms with Crippen LogP contribution in [0.5, 0.6) is 0 Å². The second-order valence-corrected chi connectivity index (χ2v) is 6.18. The second-order valence-electron chi connectivity index (χ2n) is 6.18. The quantitative estimate of drug-likeness (QED) is 0.814. The third-order valence-electron chi connectivity index (χ3n) is 3.63. The third kappa shape index (κ3) is 5.19.